The molecule has 1 aromatic rings. The standard InChI is InChI=1S/C23H31N3O4/c27-20(3-4-24-21(28)19-2-1-9-30-19)25-5-7-26(8-6-25)22(29)23-13-16-10-17(14-23)12-18(11-16)15-23/h1-2,9,16-18H,3-8,10-15H2,(H,24,28). The number of hydrogen-bond donors (Lipinski definition) is 1. The molecule has 162 valence electrons. The van der Waals surface area contributed by atoms with Crippen LogP contribution in [0.5, 0.6) is 0 Å². The number of nitrogens with zero attached hydrogens (tertiary/aromatic N) is 2. The van der Waals surface area contributed by atoms with E-state index in [-0.39, 0.29) is 36.0 Å². The normalized spacial score (nSPS) is 32.3. The molecule has 4 bridgehead atoms. The molecule has 1 saturated heterocycles. The number of carbonyl (C=O) groups excluding carboxylic acids is 3. The maximum Gasteiger partial charge on any atom is 0.286 e. The average Bonchev–Trinajstić information content (AvgIpc) is 3.27. The van der Waals surface area contributed by atoms with Crippen molar-refractivity contribution in [3.8, 4) is 0 Å². The van der Waals surface area contributed by atoms with Crippen molar-refractivity contribution in [2.45, 2.75) is 44.9 Å². The molecule has 1 aliphatic heterocycles. The van der Waals surface area contributed by atoms with Crippen molar-refractivity contribution >= 4 is 17.7 Å². The largest absolute Gasteiger partial charge is 0.459 e. The summed E-state index contributed by atoms with van der Waals surface area (Å²) < 4.78 is 5.05. The van der Waals surface area contributed by atoms with Crippen molar-refractivity contribution in [1.82, 2.24) is 15.1 Å². The van der Waals surface area contributed by atoms with Gasteiger partial charge in [-0.1, -0.05) is 0 Å². The second kappa shape index (κ2) is 7.75. The van der Waals surface area contributed by atoms with Crippen LogP contribution >= 0.6 is 0 Å². The maximum absolute atomic E-state index is 13.5. The highest BCUT2D eigenvalue weighted by molar-refractivity contribution is 5.91. The van der Waals surface area contributed by atoms with Crippen LogP contribution in [0.1, 0.15) is 55.5 Å². The van der Waals surface area contributed by atoms with Crippen LogP contribution in [-0.2, 0) is 9.59 Å². The molecular weight excluding hydrogens is 382 g/mol. The fourth-order valence-corrected chi connectivity index (χ4v) is 6.80. The minimum absolute atomic E-state index is 0.0247. The molecule has 4 saturated carbocycles. The lowest BCUT2D eigenvalue weighted by molar-refractivity contribution is -0.160. The van der Waals surface area contributed by atoms with Crippen LogP contribution in [0.4, 0.5) is 0 Å². The van der Waals surface area contributed by atoms with Gasteiger partial charge in [0.15, 0.2) is 5.76 Å². The van der Waals surface area contributed by atoms with Crippen LogP contribution < -0.4 is 5.32 Å². The molecule has 0 radical (unpaired) electrons. The molecule has 0 unspecified atom stereocenters. The van der Waals surface area contributed by atoms with Gasteiger partial charge in [0.1, 0.15) is 0 Å². The average molecular weight is 414 g/mol. The summed E-state index contributed by atoms with van der Waals surface area (Å²) in [5, 5.41) is 2.71. The number of rotatable bonds is 5. The number of hydrogen-bond acceptors (Lipinski definition) is 4. The number of furan rings is 1. The lowest BCUT2D eigenvalue weighted by atomic mass is 9.49. The van der Waals surface area contributed by atoms with Gasteiger partial charge in [0, 0.05) is 39.1 Å². The van der Waals surface area contributed by atoms with Crippen LogP contribution in [0, 0.1) is 23.2 Å². The van der Waals surface area contributed by atoms with Crippen LogP contribution in [0.15, 0.2) is 22.8 Å². The number of nitrogens with one attached hydrogen (secondary N) is 1. The summed E-state index contributed by atoms with van der Waals surface area (Å²) in [5.41, 5.74) is -0.100. The fourth-order valence-electron chi connectivity index (χ4n) is 6.80. The molecule has 0 spiro atoms. The van der Waals surface area contributed by atoms with Gasteiger partial charge < -0.3 is 19.5 Å². The SMILES string of the molecule is O=C(NCCC(=O)N1CCN(C(=O)C23CC4CC(CC(C4)C2)C3)CC1)c1ccco1. The Hall–Kier alpha value is -2.31. The van der Waals surface area contributed by atoms with E-state index in [0.717, 1.165) is 37.0 Å². The van der Waals surface area contributed by atoms with Crippen molar-refractivity contribution in [2.75, 3.05) is 32.7 Å². The Kier molecular flexibility index (Phi) is 5.07. The number of carbonyl (C=O) groups is 3. The van der Waals surface area contributed by atoms with Crippen molar-refractivity contribution in [2.24, 2.45) is 23.2 Å². The van der Waals surface area contributed by atoms with Gasteiger partial charge in [0.25, 0.3) is 5.91 Å². The highest BCUT2D eigenvalue weighted by Crippen LogP contribution is 2.60. The van der Waals surface area contributed by atoms with Gasteiger partial charge in [-0.05, 0) is 68.4 Å². The summed E-state index contributed by atoms with van der Waals surface area (Å²) in [7, 11) is 0. The second-order valence-electron chi connectivity index (χ2n) is 9.85. The topological polar surface area (TPSA) is 82.9 Å². The molecule has 0 aromatic carbocycles. The van der Waals surface area contributed by atoms with Gasteiger partial charge in [0.2, 0.25) is 11.8 Å². The van der Waals surface area contributed by atoms with Gasteiger partial charge in [-0.15, -0.1) is 0 Å². The quantitative estimate of drug-likeness (QED) is 0.803. The van der Waals surface area contributed by atoms with E-state index in [2.05, 4.69) is 5.32 Å². The predicted molar refractivity (Wildman–Crippen MR) is 109 cm³/mol. The lowest BCUT2D eigenvalue weighted by Crippen LogP contribution is -2.58. The Morgan fingerprint density at radius 2 is 1.57 bits per heavy atom. The summed E-state index contributed by atoms with van der Waals surface area (Å²) in [4.78, 5) is 41.7. The summed E-state index contributed by atoms with van der Waals surface area (Å²) in [5.74, 6) is 2.62. The van der Waals surface area contributed by atoms with E-state index in [9.17, 15) is 14.4 Å². The molecular formula is C23H31N3O4. The zero-order chi connectivity index (χ0) is 20.7. The Morgan fingerprint density at radius 3 is 2.13 bits per heavy atom. The zero-order valence-electron chi connectivity index (χ0n) is 17.5. The number of amides is 3. The van der Waals surface area contributed by atoms with Crippen molar-refractivity contribution < 1.29 is 18.8 Å². The highest BCUT2D eigenvalue weighted by atomic mass is 16.3. The third-order valence-corrected chi connectivity index (χ3v) is 7.78. The Bertz CT molecular complexity index is 775. The Morgan fingerprint density at radius 1 is 0.967 bits per heavy atom. The zero-order valence-corrected chi connectivity index (χ0v) is 17.5. The number of piperazine rings is 1. The van der Waals surface area contributed by atoms with E-state index >= 15 is 0 Å². The molecule has 5 aliphatic rings. The van der Waals surface area contributed by atoms with Gasteiger partial charge in [-0.3, -0.25) is 14.4 Å². The molecule has 2 heterocycles. The first-order chi connectivity index (χ1) is 14.5. The fraction of sp³-hybridized carbons (Fsp3) is 0.696. The van der Waals surface area contributed by atoms with E-state index in [1.54, 1.807) is 12.1 Å². The van der Waals surface area contributed by atoms with Crippen LogP contribution in [0.3, 0.4) is 0 Å². The van der Waals surface area contributed by atoms with E-state index < -0.39 is 0 Å². The first kappa shape index (κ1) is 19.6. The van der Waals surface area contributed by atoms with E-state index in [0.29, 0.717) is 32.1 Å². The summed E-state index contributed by atoms with van der Waals surface area (Å²) in [6, 6.07) is 3.25. The summed E-state index contributed by atoms with van der Waals surface area (Å²) in [6.45, 7) is 2.72. The van der Waals surface area contributed by atoms with Gasteiger partial charge >= 0.3 is 0 Å². The van der Waals surface area contributed by atoms with Gasteiger partial charge in [0.05, 0.1) is 11.7 Å². The Labute approximate surface area is 177 Å². The smallest absolute Gasteiger partial charge is 0.286 e. The molecule has 1 aromatic heterocycles. The van der Waals surface area contributed by atoms with Crippen molar-refractivity contribution in [3.63, 3.8) is 0 Å². The summed E-state index contributed by atoms with van der Waals surface area (Å²) >= 11 is 0. The molecule has 1 N–H and O–H groups in total. The molecule has 0 atom stereocenters. The van der Waals surface area contributed by atoms with Crippen LogP contribution in [0.2, 0.25) is 0 Å². The third-order valence-electron chi connectivity index (χ3n) is 7.78. The lowest BCUT2D eigenvalue weighted by Gasteiger charge is -2.57. The third kappa shape index (κ3) is 3.63. The maximum atomic E-state index is 13.5. The minimum atomic E-state index is -0.307. The van der Waals surface area contributed by atoms with Gasteiger partial charge in [-0.25, -0.2) is 0 Å². The molecule has 7 heteroatoms. The first-order valence-corrected chi connectivity index (χ1v) is 11.4. The van der Waals surface area contributed by atoms with E-state index in [1.807, 2.05) is 9.80 Å². The van der Waals surface area contributed by atoms with Crippen LogP contribution in [-0.4, -0.2) is 60.2 Å². The highest BCUT2D eigenvalue weighted by Gasteiger charge is 2.55. The molecule has 4 aliphatic carbocycles. The second-order valence-corrected chi connectivity index (χ2v) is 9.85. The van der Waals surface area contributed by atoms with E-state index in [4.69, 9.17) is 4.42 Å². The monoisotopic (exact) mass is 413 g/mol. The molecule has 3 amide bonds. The van der Waals surface area contributed by atoms with Crippen molar-refractivity contribution in [3.05, 3.63) is 24.2 Å². The predicted octanol–water partition coefficient (Wildman–Crippen LogP) is 2.29. The minimum Gasteiger partial charge on any atom is -0.459 e. The molecule has 7 nitrogen and oxygen atoms in total. The van der Waals surface area contributed by atoms with Crippen LogP contribution in [0.25, 0.3) is 0 Å². The molecule has 5 fully saturated rings. The van der Waals surface area contributed by atoms with Crippen molar-refractivity contribution in [1.29, 1.82) is 0 Å². The van der Waals surface area contributed by atoms with E-state index in [1.165, 1.54) is 25.5 Å². The summed E-state index contributed by atoms with van der Waals surface area (Å²) in [6.07, 6.45) is 8.99. The molecule has 6 rings (SSSR count). The molecule has 30 heavy (non-hydrogen) atoms. The van der Waals surface area contributed by atoms with Gasteiger partial charge in [-0.2, -0.15) is 0 Å². The first-order valence-electron chi connectivity index (χ1n) is 11.4. The Balaban J connectivity index is 1.09.